The first-order chi connectivity index (χ1) is 17.5. The molecule has 8 heteroatoms. The number of hydrogen-bond acceptors (Lipinski definition) is 5. The lowest BCUT2D eigenvalue weighted by Crippen LogP contribution is -2.48. The Morgan fingerprint density at radius 1 is 0.917 bits per heavy atom. The number of aromatic nitrogens is 2. The summed E-state index contributed by atoms with van der Waals surface area (Å²) in [5, 5.41) is 7.65. The maximum absolute atomic E-state index is 12.3. The van der Waals surface area contributed by atoms with E-state index in [2.05, 4.69) is 81.6 Å². The van der Waals surface area contributed by atoms with Gasteiger partial charge in [-0.25, -0.2) is 9.31 Å². The molecule has 2 fully saturated rings. The highest BCUT2D eigenvalue weighted by atomic mass is 16.2. The fraction of sp³-hybridized carbons (Fsp3) is 0.500. The van der Waals surface area contributed by atoms with Gasteiger partial charge >= 0.3 is 6.03 Å². The van der Waals surface area contributed by atoms with E-state index in [0.29, 0.717) is 12.6 Å². The Balaban J connectivity index is 1.33. The first-order valence-corrected chi connectivity index (χ1v) is 13.4. The van der Waals surface area contributed by atoms with Gasteiger partial charge in [0.1, 0.15) is 0 Å². The Morgan fingerprint density at radius 2 is 1.69 bits per heavy atom. The standard InChI is InChI=1S/C28H39N7O/c1-4-31-13-5-14-34(15-12-29-28(31)36)26-10-11-30-35-21-24(20-27(26)35)23-6-8-25(9-7-23)33-18-16-32(17-19-33)22(2)3/h6-11,20-22H,4-5,12-19H2,1-3H3,(H,29,36). The second kappa shape index (κ2) is 10.8. The van der Waals surface area contributed by atoms with E-state index in [9.17, 15) is 4.79 Å². The van der Waals surface area contributed by atoms with Crippen molar-refractivity contribution < 1.29 is 4.79 Å². The number of hydrogen-bond donors (Lipinski definition) is 1. The SMILES string of the molecule is CCN1CCCN(c2ccnn3cc(-c4ccc(N5CCN(C(C)C)CC5)cc4)cc23)CCNC1=O. The number of carbonyl (C=O) groups is 1. The average molecular weight is 490 g/mol. The lowest BCUT2D eigenvalue weighted by atomic mass is 10.1. The molecule has 0 unspecified atom stereocenters. The fourth-order valence-electron chi connectivity index (χ4n) is 5.40. The molecule has 2 aromatic heterocycles. The first kappa shape index (κ1) is 24.4. The molecule has 0 bridgehead atoms. The minimum atomic E-state index is 0.0365. The van der Waals surface area contributed by atoms with Gasteiger partial charge in [0.2, 0.25) is 0 Å². The molecule has 8 nitrogen and oxygen atoms in total. The van der Waals surface area contributed by atoms with Gasteiger partial charge < -0.3 is 20.0 Å². The summed E-state index contributed by atoms with van der Waals surface area (Å²) in [7, 11) is 0. The van der Waals surface area contributed by atoms with Gasteiger partial charge in [-0.05, 0) is 57.0 Å². The predicted molar refractivity (Wildman–Crippen MR) is 147 cm³/mol. The van der Waals surface area contributed by atoms with Crippen molar-refractivity contribution in [3.8, 4) is 11.1 Å². The van der Waals surface area contributed by atoms with Gasteiger partial charge in [0.15, 0.2) is 0 Å². The molecule has 0 saturated carbocycles. The molecular formula is C28H39N7O. The van der Waals surface area contributed by atoms with Crippen LogP contribution in [0.3, 0.4) is 0 Å². The summed E-state index contributed by atoms with van der Waals surface area (Å²) in [6, 6.07) is 13.9. The van der Waals surface area contributed by atoms with E-state index in [1.54, 1.807) is 0 Å². The highest BCUT2D eigenvalue weighted by molar-refractivity contribution is 5.80. The number of urea groups is 1. The van der Waals surface area contributed by atoms with Gasteiger partial charge in [-0.1, -0.05) is 12.1 Å². The number of nitrogens with zero attached hydrogens (tertiary/aromatic N) is 6. The molecule has 2 aliphatic rings. The van der Waals surface area contributed by atoms with Crippen molar-refractivity contribution in [2.24, 2.45) is 0 Å². The molecule has 2 amide bonds. The number of nitrogens with one attached hydrogen (secondary N) is 1. The van der Waals surface area contributed by atoms with E-state index in [4.69, 9.17) is 0 Å². The van der Waals surface area contributed by atoms with Gasteiger partial charge in [0.05, 0.1) is 11.2 Å². The third kappa shape index (κ3) is 5.14. The molecule has 0 radical (unpaired) electrons. The molecule has 3 aromatic rings. The molecule has 192 valence electrons. The van der Waals surface area contributed by atoms with Gasteiger partial charge in [-0.15, -0.1) is 0 Å². The van der Waals surface area contributed by atoms with Crippen LogP contribution in [0.5, 0.6) is 0 Å². The molecule has 1 aromatic carbocycles. The normalized spacial score (nSPS) is 18.3. The molecule has 5 rings (SSSR count). The predicted octanol–water partition coefficient (Wildman–Crippen LogP) is 3.77. The summed E-state index contributed by atoms with van der Waals surface area (Å²) in [5.74, 6) is 0. The smallest absolute Gasteiger partial charge is 0.317 e. The molecular weight excluding hydrogens is 450 g/mol. The van der Waals surface area contributed by atoms with Crippen LogP contribution < -0.4 is 15.1 Å². The minimum absolute atomic E-state index is 0.0365. The quantitative estimate of drug-likeness (QED) is 0.591. The van der Waals surface area contributed by atoms with Crippen molar-refractivity contribution in [3.05, 3.63) is 48.8 Å². The Morgan fingerprint density at radius 3 is 2.42 bits per heavy atom. The maximum Gasteiger partial charge on any atom is 0.317 e. The summed E-state index contributed by atoms with van der Waals surface area (Å²) in [6.45, 7) is 14.8. The van der Waals surface area contributed by atoms with Gasteiger partial charge in [0.25, 0.3) is 0 Å². The third-order valence-electron chi connectivity index (χ3n) is 7.62. The second-order valence-corrected chi connectivity index (χ2v) is 10.1. The van der Waals surface area contributed by atoms with E-state index in [1.165, 1.54) is 16.8 Å². The van der Waals surface area contributed by atoms with E-state index in [-0.39, 0.29) is 6.03 Å². The van der Waals surface area contributed by atoms with Gasteiger partial charge in [-0.3, -0.25) is 4.90 Å². The van der Waals surface area contributed by atoms with Crippen LogP contribution in [0.1, 0.15) is 27.2 Å². The molecule has 0 spiro atoms. The number of amides is 2. The number of anilines is 2. The second-order valence-electron chi connectivity index (χ2n) is 10.1. The van der Waals surface area contributed by atoms with Crippen LogP contribution in [0.4, 0.5) is 16.2 Å². The first-order valence-electron chi connectivity index (χ1n) is 13.4. The zero-order valence-corrected chi connectivity index (χ0v) is 21.9. The third-order valence-corrected chi connectivity index (χ3v) is 7.62. The van der Waals surface area contributed by atoms with Crippen molar-refractivity contribution in [3.63, 3.8) is 0 Å². The highest BCUT2D eigenvalue weighted by Gasteiger charge is 2.20. The Hall–Kier alpha value is -3.26. The Kier molecular flexibility index (Phi) is 7.32. The van der Waals surface area contributed by atoms with E-state index < -0.39 is 0 Å². The molecule has 0 atom stereocenters. The van der Waals surface area contributed by atoms with Crippen molar-refractivity contribution in [1.29, 1.82) is 0 Å². The molecule has 36 heavy (non-hydrogen) atoms. The number of piperazine rings is 1. The molecule has 1 N–H and O–H groups in total. The summed E-state index contributed by atoms with van der Waals surface area (Å²) in [5.41, 5.74) is 5.92. The molecule has 0 aliphatic carbocycles. The van der Waals surface area contributed by atoms with Crippen LogP contribution in [-0.2, 0) is 0 Å². The van der Waals surface area contributed by atoms with E-state index in [0.717, 1.165) is 70.0 Å². The molecule has 4 heterocycles. The number of rotatable bonds is 5. The summed E-state index contributed by atoms with van der Waals surface area (Å²) >= 11 is 0. The van der Waals surface area contributed by atoms with Crippen molar-refractivity contribution in [1.82, 2.24) is 24.7 Å². The van der Waals surface area contributed by atoms with Crippen LogP contribution >= 0.6 is 0 Å². The maximum atomic E-state index is 12.3. The van der Waals surface area contributed by atoms with Gasteiger partial charge in [-0.2, -0.15) is 5.10 Å². The topological polar surface area (TPSA) is 59.4 Å². The van der Waals surface area contributed by atoms with Crippen LogP contribution in [0.25, 0.3) is 16.6 Å². The van der Waals surface area contributed by atoms with Gasteiger partial charge in [0, 0.05) is 88.6 Å². The fourth-order valence-corrected chi connectivity index (χ4v) is 5.40. The summed E-state index contributed by atoms with van der Waals surface area (Å²) in [6.07, 6.45) is 4.93. The van der Waals surface area contributed by atoms with Crippen LogP contribution in [0.15, 0.2) is 48.8 Å². The van der Waals surface area contributed by atoms with Crippen molar-refractivity contribution >= 4 is 22.9 Å². The van der Waals surface area contributed by atoms with E-state index >= 15 is 0 Å². The zero-order valence-electron chi connectivity index (χ0n) is 21.9. The average Bonchev–Trinajstić information content (AvgIpc) is 3.37. The zero-order chi connectivity index (χ0) is 25.1. The van der Waals surface area contributed by atoms with Crippen molar-refractivity contribution in [2.45, 2.75) is 33.2 Å². The Labute approximate surface area is 214 Å². The van der Waals surface area contributed by atoms with Crippen LogP contribution in [0.2, 0.25) is 0 Å². The largest absolute Gasteiger partial charge is 0.369 e. The summed E-state index contributed by atoms with van der Waals surface area (Å²) in [4.78, 5) is 21.6. The number of benzene rings is 1. The number of fused-ring (bicyclic) bond motifs is 1. The van der Waals surface area contributed by atoms with Crippen LogP contribution in [0, 0.1) is 0 Å². The van der Waals surface area contributed by atoms with E-state index in [1.807, 2.05) is 22.5 Å². The molecule has 2 saturated heterocycles. The monoisotopic (exact) mass is 489 g/mol. The lowest BCUT2D eigenvalue weighted by Gasteiger charge is -2.38. The van der Waals surface area contributed by atoms with Crippen LogP contribution in [-0.4, -0.2) is 90.4 Å². The van der Waals surface area contributed by atoms with Crippen molar-refractivity contribution in [2.75, 3.05) is 68.7 Å². The number of carbonyl (C=O) groups excluding carboxylic acids is 1. The molecule has 2 aliphatic heterocycles. The lowest BCUT2D eigenvalue weighted by molar-refractivity contribution is 0.202. The highest BCUT2D eigenvalue weighted by Crippen LogP contribution is 2.30. The minimum Gasteiger partial charge on any atom is -0.369 e. The Bertz CT molecular complexity index is 1160. The summed E-state index contributed by atoms with van der Waals surface area (Å²) < 4.78 is 1.98.